The Morgan fingerprint density at radius 1 is 0.926 bits per heavy atom. The Bertz CT molecular complexity index is 1010. The summed E-state index contributed by atoms with van der Waals surface area (Å²) in [5.74, 6) is -0.649. The molecule has 8 heteroatoms. The van der Waals surface area contributed by atoms with Gasteiger partial charge >= 0.3 is 0 Å². The molecule has 0 atom stereocenters. The molecule has 3 aromatic rings. The quantitative estimate of drug-likeness (QED) is 0.725. The number of carbonyl (C=O) groups excluding carboxylic acids is 1. The molecule has 1 aliphatic rings. The van der Waals surface area contributed by atoms with Gasteiger partial charge in [0, 0.05) is 29.7 Å². The highest BCUT2D eigenvalue weighted by Gasteiger charge is 2.14. The average Bonchev–Trinajstić information content (AvgIpc) is 3.13. The summed E-state index contributed by atoms with van der Waals surface area (Å²) < 4.78 is 36.7. The molecule has 1 amide bonds. The van der Waals surface area contributed by atoms with E-state index in [2.05, 4.69) is 15.6 Å². The van der Waals surface area contributed by atoms with Crippen LogP contribution in [-0.4, -0.2) is 17.7 Å². The maximum absolute atomic E-state index is 13.2. The number of aromatic nitrogens is 1. The molecule has 0 saturated heterocycles. The number of fused-ring (bicyclic) bond motifs is 1. The Labute approximate surface area is 152 Å². The highest BCUT2D eigenvalue weighted by atomic mass is 19.2. The molecule has 2 aromatic carbocycles. The molecule has 6 nitrogen and oxygen atoms in total. The molecular weight excluding hydrogens is 356 g/mol. The molecule has 2 N–H and O–H groups in total. The van der Waals surface area contributed by atoms with Crippen LogP contribution in [0.25, 0.3) is 0 Å². The van der Waals surface area contributed by atoms with Gasteiger partial charge in [-0.3, -0.25) is 4.79 Å². The van der Waals surface area contributed by atoms with Crippen molar-refractivity contribution >= 4 is 23.1 Å². The van der Waals surface area contributed by atoms with Crippen molar-refractivity contribution in [2.24, 2.45) is 0 Å². The molecule has 0 saturated carbocycles. The highest BCUT2D eigenvalue weighted by molar-refractivity contribution is 6.04. The van der Waals surface area contributed by atoms with Gasteiger partial charge in [0.1, 0.15) is 5.82 Å². The van der Waals surface area contributed by atoms with Gasteiger partial charge < -0.3 is 20.1 Å². The summed E-state index contributed by atoms with van der Waals surface area (Å²) in [5, 5.41) is 5.58. The van der Waals surface area contributed by atoms with Gasteiger partial charge in [-0.1, -0.05) is 0 Å². The Hall–Kier alpha value is -3.68. The number of ether oxygens (including phenoxy) is 2. The van der Waals surface area contributed by atoms with E-state index in [1.54, 1.807) is 24.3 Å². The number of carbonyl (C=O) groups is 1. The van der Waals surface area contributed by atoms with Crippen molar-refractivity contribution in [2.45, 2.75) is 0 Å². The van der Waals surface area contributed by atoms with E-state index in [0.717, 1.165) is 17.8 Å². The van der Waals surface area contributed by atoms with Crippen LogP contribution in [0.4, 0.5) is 26.0 Å². The summed E-state index contributed by atoms with van der Waals surface area (Å²) in [6, 6.07) is 11.7. The molecule has 4 rings (SSSR count). The standard InChI is InChI=1S/C19H13F2N3O3/c20-14-4-2-12(7-15(14)21)24-19(25)11-1-6-18(22-9-11)23-13-3-5-16-17(8-13)27-10-26-16/h1-9H,10H2,(H,22,23)(H,24,25). The van der Waals surface area contributed by atoms with Crippen LogP contribution in [0.1, 0.15) is 10.4 Å². The zero-order chi connectivity index (χ0) is 18.8. The first kappa shape index (κ1) is 16.8. The number of halogens is 2. The van der Waals surface area contributed by atoms with Crippen molar-refractivity contribution in [1.82, 2.24) is 4.98 Å². The number of nitrogens with one attached hydrogen (secondary N) is 2. The maximum Gasteiger partial charge on any atom is 0.257 e. The van der Waals surface area contributed by atoms with E-state index in [1.807, 2.05) is 6.07 Å². The molecular formula is C19H13F2N3O3. The maximum atomic E-state index is 13.2. The van der Waals surface area contributed by atoms with Crippen LogP contribution in [0.2, 0.25) is 0 Å². The third-order valence-corrected chi connectivity index (χ3v) is 3.85. The van der Waals surface area contributed by atoms with Gasteiger partial charge in [-0.15, -0.1) is 0 Å². The number of amides is 1. The number of rotatable bonds is 4. The number of benzene rings is 2. The van der Waals surface area contributed by atoms with E-state index < -0.39 is 17.5 Å². The van der Waals surface area contributed by atoms with Crippen LogP contribution >= 0.6 is 0 Å². The Balaban J connectivity index is 1.43. The van der Waals surface area contributed by atoms with Gasteiger partial charge in [0.05, 0.1) is 5.56 Å². The third kappa shape index (κ3) is 3.64. The van der Waals surface area contributed by atoms with Crippen molar-refractivity contribution in [3.05, 3.63) is 71.9 Å². The Kier molecular flexibility index (Phi) is 4.29. The predicted molar refractivity (Wildman–Crippen MR) is 94.4 cm³/mol. The van der Waals surface area contributed by atoms with Crippen LogP contribution in [0.5, 0.6) is 11.5 Å². The molecule has 0 aliphatic carbocycles. The minimum Gasteiger partial charge on any atom is -0.454 e. The fourth-order valence-corrected chi connectivity index (χ4v) is 2.50. The second kappa shape index (κ2) is 6.91. The molecule has 0 fully saturated rings. The lowest BCUT2D eigenvalue weighted by molar-refractivity contribution is 0.102. The van der Waals surface area contributed by atoms with E-state index in [-0.39, 0.29) is 18.0 Å². The van der Waals surface area contributed by atoms with Gasteiger partial charge in [0.25, 0.3) is 5.91 Å². The zero-order valence-corrected chi connectivity index (χ0v) is 13.8. The number of pyridine rings is 1. The molecule has 2 heterocycles. The lowest BCUT2D eigenvalue weighted by Gasteiger charge is -2.08. The summed E-state index contributed by atoms with van der Waals surface area (Å²) in [6.07, 6.45) is 1.38. The van der Waals surface area contributed by atoms with E-state index in [4.69, 9.17) is 9.47 Å². The Morgan fingerprint density at radius 3 is 2.52 bits per heavy atom. The van der Waals surface area contributed by atoms with Crippen molar-refractivity contribution in [3.63, 3.8) is 0 Å². The van der Waals surface area contributed by atoms with Gasteiger partial charge in [0.15, 0.2) is 23.1 Å². The third-order valence-electron chi connectivity index (χ3n) is 3.85. The average molecular weight is 369 g/mol. The normalized spacial score (nSPS) is 11.9. The summed E-state index contributed by atoms with van der Waals surface area (Å²) in [5.41, 5.74) is 1.18. The fraction of sp³-hybridized carbons (Fsp3) is 0.0526. The zero-order valence-electron chi connectivity index (χ0n) is 13.8. The molecule has 0 bridgehead atoms. The largest absolute Gasteiger partial charge is 0.454 e. The lowest BCUT2D eigenvalue weighted by atomic mass is 10.2. The molecule has 1 aliphatic heterocycles. The summed E-state index contributed by atoms with van der Waals surface area (Å²) >= 11 is 0. The van der Waals surface area contributed by atoms with Crippen LogP contribution in [0.15, 0.2) is 54.7 Å². The number of anilines is 3. The van der Waals surface area contributed by atoms with E-state index in [1.165, 1.54) is 12.3 Å². The number of nitrogens with zero attached hydrogens (tertiary/aromatic N) is 1. The van der Waals surface area contributed by atoms with Gasteiger partial charge in [-0.25, -0.2) is 13.8 Å². The molecule has 0 unspecified atom stereocenters. The van der Waals surface area contributed by atoms with E-state index in [9.17, 15) is 13.6 Å². The van der Waals surface area contributed by atoms with Crippen LogP contribution in [0, 0.1) is 11.6 Å². The SMILES string of the molecule is O=C(Nc1ccc(F)c(F)c1)c1ccc(Nc2ccc3c(c2)OCO3)nc1. The number of hydrogen-bond acceptors (Lipinski definition) is 5. The van der Waals surface area contributed by atoms with E-state index >= 15 is 0 Å². The minimum absolute atomic E-state index is 0.154. The first-order chi connectivity index (χ1) is 13.1. The van der Waals surface area contributed by atoms with Crippen LogP contribution < -0.4 is 20.1 Å². The molecule has 136 valence electrons. The number of hydrogen-bond donors (Lipinski definition) is 2. The van der Waals surface area contributed by atoms with Crippen molar-refractivity contribution in [1.29, 1.82) is 0 Å². The van der Waals surface area contributed by atoms with Crippen LogP contribution in [-0.2, 0) is 0 Å². The lowest BCUT2D eigenvalue weighted by Crippen LogP contribution is -2.12. The highest BCUT2D eigenvalue weighted by Crippen LogP contribution is 2.34. The second-order valence-corrected chi connectivity index (χ2v) is 5.71. The van der Waals surface area contributed by atoms with E-state index in [0.29, 0.717) is 17.3 Å². The minimum atomic E-state index is -1.03. The summed E-state index contributed by atoms with van der Waals surface area (Å²) in [7, 11) is 0. The summed E-state index contributed by atoms with van der Waals surface area (Å²) in [6.45, 7) is 0.193. The molecule has 0 spiro atoms. The molecule has 1 aromatic heterocycles. The summed E-state index contributed by atoms with van der Waals surface area (Å²) in [4.78, 5) is 16.4. The monoisotopic (exact) mass is 369 g/mol. The van der Waals surface area contributed by atoms with Gasteiger partial charge in [-0.05, 0) is 36.4 Å². The molecule has 27 heavy (non-hydrogen) atoms. The fourth-order valence-electron chi connectivity index (χ4n) is 2.50. The topological polar surface area (TPSA) is 72.5 Å². The second-order valence-electron chi connectivity index (χ2n) is 5.71. The first-order valence-corrected chi connectivity index (χ1v) is 7.97. The van der Waals surface area contributed by atoms with Crippen LogP contribution in [0.3, 0.4) is 0 Å². The van der Waals surface area contributed by atoms with Crippen molar-refractivity contribution in [3.8, 4) is 11.5 Å². The predicted octanol–water partition coefficient (Wildman–Crippen LogP) is 4.08. The first-order valence-electron chi connectivity index (χ1n) is 7.97. The molecule has 0 radical (unpaired) electrons. The van der Waals surface area contributed by atoms with Gasteiger partial charge in [0.2, 0.25) is 6.79 Å². The Morgan fingerprint density at radius 2 is 1.74 bits per heavy atom. The smallest absolute Gasteiger partial charge is 0.257 e. The van der Waals surface area contributed by atoms with Gasteiger partial charge in [-0.2, -0.15) is 0 Å². The van der Waals surface area contributed by atoms with Crippen molar-refractivity contribution in [2.75, 3.05) is 17.4 Å². The van der Waals surface area contributed by atoms with Crippen molar-refractivity contribution < 1.29 is 23.0 Å².